The molecule has 3 nitrogen and oxygen atoms in total. The Morgan fingerprint density at radius 1 is 1.62 bits per heavy atom. The van der Waals surface area contributed by atoms with Gasteiger partial charge < -0.3 is 14.6 Å². The molecule has 1 aromatic heterocycles. The third kappa shape index (κ3) is 3.09. The van der Waals surface area contributed by atoms with Crippen LogP contribution in [0.15, 0.2) is 22.8 Å². The smallest absolute Gasteiger partial charge is 0.120 e. The molecule has 1 saturated heterocycles. The molecule has 1 aromatic rings. The van der Waals surface area contributed by atoms with Crippen molar-refractivity contribution in [2.24, 2.45) is 5.92 Å². The summed E-state index contributed by atoms with van der Waals surface area (Å²) in [5, 5.41) is 3.49. The van der Waals surface area contributed by atoms with E-state index in [1.165, 1.54) is 19.5 Å². The fraction of sp³-hybridized carbons (Fsp3) is 0.692. The van der Waals surface area contributed by atoms with Crippen molar-refractivity contribution in [1.82, 2.24) is 10.2 Å². The van der Waals surface area contributed by atoms with Gasteiger partial charge in [-0.25, -0.2) is 0 Å². The maximum absolute atomic E-state index is 5.36. The summed E-state index contributed by atoms with van der Waals surface area (Å²) in [6.45, 7) is 9.18. The first kappa shape index (κ1) is 11.7. The van der Waals surface area contributed by atoms with E-state index in [0.717, 1.165) is 24.8 Å². The lowest BCUT2D eigenvalue weighted by Crippen LogP contribution is -2.31. The zero-order chi connectivity index (χ0) is 11.4. The van der Waals surface area contributed by atoms with Crippen molar-refractivity contribution in [3.8, 4) is 0 Å². The standard InChI is InChI=1S/C13H22N2O/c1-11-5-7-15(10-11)8-6-14-12(2)13-4-3-9-16-13/h3-4,9,11-12,14H,5-8,10H2,1-2H3. The number of hydrogen-bond donors (Lipinski definition) is 1. The summed E-state index contributed by atoms with van der Waals surface area (Å²) in [4.78, 5) is 2.53. The largest absolute Gasteiger partial charge is 0.468 e. The summed E-state index contributed by atoms with van der Waals surface area (Å²) in [7, 11) is 0. The molecule has 2 rings (SSSR count). The molecule has 2 unspecified atom stereocenters. The van der Waals surface area contributed by atoms with Crippen molar-refractivity contribution >= 4 is 0 Å². The lowest BCUT2D eigenvalue weighted by molar-refractivity contribution is 0.314. The molecule has 0 aliphatic carbocycles. The molecule has 0 amide bonds. The first-order valence-corrected chi connectivity index (χ1v) is 6.25. The highest BCUT2D eigenvalue weighted by Crippen LogP contribution is 2.15. The first-order chi connectivity index (χ1) is 7.75. The molecule has 1 N–H and O–H groups in total. The van der Waals surface area contributed by atoms with Crippen LogP contribution < -0.4 is 5.32 Å². The highest BCUT2D eigenvalue weighted by molar-refractivity contribution is 5.02. The van der Waals surface area contributed by atoms with E-state index < -0.39 is 0 Å². The van der Waals surface area contributed by atoms with Crippen LogP contribution in [0.3, 0.4) is 0 Å². The lowest BCUT2D eigenvalue weighted by atomic mass is 10.2. The molecule has 0 radical (unpaired) electrons. The maximum atomic E-state index is 5.36. The second-order valence-electron chi connectivity index (χ2n) is 4.89. The van der Waals surface area contributed by atoms with Crippen LogP contribution in [0.2, 0.25) is 0 Å². The van der Waals surface area contributed by atoms with E-state index in [1.54, 1.807) is 6.26 Å². The minimum Gasteiger partial charge on any atom is -0.468 e. The highest BCUT2D eigenvalue weighted by Gasteiger charge is 2.18. The molecule has 0 bridgehead atoms. The van der Waals surface area contributed by atoms with Crippen LogP contribution in [0.1, 0.15) is 32.1 Å². The predicted octanol–water partition coefficient (Wildman–Crippen LogP) is 2.27. The minimum atomic E-state index is 0.315. The second-order valence-corrected chi connectivity index (χ2v) is 4.89. The topological polar surface area (TPSA) is 28.4 Å². The van der Waals surface area contributed by atoms with Gasteiger partial charge in [-0.05, 0) is 37.9 Å². The van der Waals surface area contributed by atoms with E-state index in [1.807, 2.05) is 12.1 Å². The van der Waals surface area contributed by atoms with Gasteiger partial charge in [-0.2, -0.15) is 0 Å². The minimum absolute atomic E-state index is 0.315. The molecule has 0 saturated carbocycles. The summed E-state index contributed by atoms with van der Waals surface area (Å²) >= 11 is 0. The van der Waals surface area contributed by atoms with Crippen LogP contribution in [0.25, 0.3) is 0 Å². The fourth-order valence-corrected chi connectivity index (χ4v) is 2.31. The van der Waals surface area contributed by atoms with Gasteiger partial charge in [-0.3, -0.25) is 0 Å². The van der Waals surface area contributed by atoms with Gasteiger partial charge in [0.15, 0.2) is 0 Å². The normalized spacial score (nSPS) is 23.8. The monoisotopic (exact) mass is 222 g/mol. The van der Waals surface area contributed by atoms with Crippen LogP contribution in [-0.4, -0.2) is 31.1 Å². The van der Waals surface area contributed by atoms with Crippen molar-refractivity contribution in [1.29, 1.82) is 0 Å². The summed E-state index contributed by atoms with van der Waals surface area (Å²) < 4.78 is 5.36. The molecule has 90 valence electrons. The Kier molecular flexibility index (Phi) is 4.02. The number of hydrogen-bond acceptors (Lipinski definition) is 3. The molecule has 2 heterocycles. The van der Waals surface area contributed by atoms with E-state index in [9.17, 15) is 0 Å². The quantitative estimate of drug-likeness (QED) is 0.828. The lowest BCUT2D eigenvalue weighted by Gasteiger charge is -2.17. The van der Waals surface area contributed by atoms with Gasteiger partial charge >= 0.3 is 0 Å². The number of nitrogens with one attached hydrogen (secondary N) is 1. The van der Waals surface area contributed by atoms with Crippen LogP contribution in [-0.2, 0) is 0 Å². The maximum Gasteiger partial charge on any atom is 0.120 e. The molecule has 1 aliphatic rings. The third-order valence-electron chi connectivity index (χ3n) is 3.36. The second kappa shape index (κ2) is 5.51. The van der Waals surface area contributed by atoms with E-state index in [-0.39, 0.29) is 0 Å². The van der Waals surface area contributed by atoms with Crippen LogP contribution in [0.4, 0.5) is 0 Å². The van der Waals surface area contributed by atoms with Crippen molar-refractivity contribution in [2.45, 2.75) is 26.3 Å². The molecule has 0 aromatic carbocycles. The summed E-state index contributed by atoms with van der Waals surface area (Å²) in [6.07, 6.45) is 3.09. The van der Waals surface area contributed by atoms with Crippen LogP contribution in [0, 0.1) is 5.92 Å². The molecule has 2 atom stereocenters. The Morgan fingerprint density at radius 3 is 3.12 bits per heavy atom. The Morgan fingerprint density at radius 2 is 2.50 bits per heavy atom. The van der Waals surface area contributed by atoms with E-state index >= 15 is 0 Å². The molecule has 0 spiro atoms. The zero-order valence-electron chi connectivity index (χ0n) is 10.3. The van der Waals surface area contributed by atoms with Gasteiger partial charge in [0.2, 0.25) is 0 Å². The van der Waals surface area contributed by atoms with Gasteiger partial charge in [-0.15, -0.1) is 0 Å². The van der Waals surface area contributed by atoms with Gasteiger partial charge in [0, 0.05) is 19.6 Å². The summed E-state index contributed by atoms with van der Waals surface area (Å²) in [5.41, 5.74) is 0. The van der Waals surface area contributed by atoms with Crippen LogP contribution in [0.5, 0.6) is 0 Å². The fourth-order valence-electron chi connectivity index (χ4n) is 2.31. The molecular weight excluding hydrogens is 200 g/mol. The SMILES string of the molecule is CC1CCN(CCNC(C)c2ccco2)C1. The summed E-state index contributed by atoms with van der Waals surface area (Å²) in [6, 6.07) is 4.28. The number of furan rings is 1. The van der Waals surface area contributed by atoms with Crippen molar-refractivity contribution < 1.29 is 4.42 Å². The van der Waals surface area contributed by atoms with Crippen molar-refractivity contribution in [2.75, 3.05) is 26.2 Å². The molecule has 16 heavy (non-hydrogen) atoms. The van der Waals surface area contributed by atoms with Gasteiger partial charge in [-0.1, -0.05) is 6.92 Å². The summed E-state index contributed by atoms with van der Waals surface area (Å²) in [5.74, 6) is 1.90. The first-order valence-electron chi connectivity index (χ1n) is 6.25. The van der Waals surface area contributed by atoms with Gasteiger partial charge in [0.1, 0.15) is 5.76 Å². The third-order valence-corrected chi connectivity index (χ3v) is 3.36. The highest BCUT2D eigenvalue weighted by atomic mass is 16.3. The number of rotatable bonds is 5. The zero-order valence-corrected chi connectivity index (χ0v) is 10.3. The Bertz CT molecular complexity index is 297. The number of nitrogens with zero attached hydrogens (tertiary/aromatic N) is 1. The van der Waals surface area contributed by atoms with E-state index in [2.05, 4.69) is 24.1 Å². The van der Waals surface area contributed by atoms with E-state index in [0.29, 0.717) is 6.04 Å². The van der Waals surface area contributed by atoms with E-state index in [4.69, 9.17) is 4.42 Å². The van der Waals surface area contributed by atoms with Crippen molar-refractivity contribution in [3.05, 3.63) is 24.2 Å². The Hall–Kier alpha value is -0.800. The van der Waals surface area contributed by atoms with Crippen molar-refractivity contribution in [3.63, 3.8) is 0 Å². The Balaban J connectivity index is 1.64. The van der Waals surface area contributed by atoms with Gasteiger partial charge in [0.25, 0.3) is 0 Å². The molecular formula is C13H22N2O. The Labute approximate surface area is 97.8 Å². The predicted molar refractivity (Wildman–Crippen MR) is 65.3 cm³/mol. The number of likely N-dealkylation sites (tertiary alicyclic amines) is 1. The van der Waals surface area contributed by atoms with Crippen LogP contribution >= 0.6 is 0 Å². The van der Waals surface area contributed by atoms with Gasteiger partial charge in [0.05, 0.1) is 12.3 Å². The molecule has 1 fully saturated rings. The molecule has 3 heteroatoms. The average molecular weight is 222 g/mol. The molecule has 1 aliphatic heterocycles. The average Bonchev–Trinajstić information content (AvgIpc) is 2.89.